The number of nitrogens with one attached hydrogen (secondary N) is 3. The van der Waals surface area contributed by atoms with E-state index in [-0.39, 0.29) is 24.4 Å². The molecule has 0 aliphatic carbocycles. The second kappa shape index (κ2) is 8.48. The van der Waals surface area contributed by atoms with Gasteiger partial charge < -0.3 is 9.57 Å². The highest BCUT2D eigenvalue weighted by Crippen LogP contribution is 2.21. The highest BCUT2D eigenvalue weighted by atomic mass is 32.2. The number of hydrogen-bond acceptors (Lipinski definition) is 8. The summed E-state index contributed by atoms with van der Waals surface area (Å²) in [5.74, 6) is -1.53. The van der Waals surface area contributed by atoms with Crippen molar-refractivity contribution in [2.45, 2.75) is 19.8 Å². The topological polar surface area (TPSA) is 135 Å². The highest BCUT2D eigenvalue weighted by molar-refractivity contribution is 7.92. The van der Waals surface area contributed by atoms with Gasteiger partial charge in [0.25, 0.3) is 0 Å². The van der Waals surface area contributed by atoms with Gasteiger partial charge in [-0.3, -0.25) is 14.9 Å². The number of thiophene rings is 1. The Hall–Kier alpha value is -2.14. The average Bonchev–Trinajstić information content (AvgIpc) is 2.97. The van der Waals surface area contributed by atoms with Crippen LogP contribution < -0.4 is 10.2 Å². The van der Waals surface area contributed by atoms with Crippen LogP contribution in [0.4, 0.5) is 5.00 Å². The van der Waals surface area contributed by atoms with E-state index in [9.17, 15) is 18.0 Å². The molecule has 128 valence electrons. The summed E-state index contributed by atoms with van der Waals surface area (Å²) in [4.78, 5) is 26.9. The summed E-state index contributed by atoms with van der Waals surface area (Å²) in [5.41, 5.74) is 2.49. The molecule has 1 aromatic rings. The largest absolute Gasteiger partial charge is 0.469 e. The van der Waals surface area contributed by atoms with Crippen LogP contribution in [0.2, 0.25) is 0 Å². The maximum absolute atomic E-state index is 11.4. The number of anilines is 1. The molecule has 0 unspecified atom stereocenters. The van der Waals surface area contributed by atoms with Gasteiger partial charge in [-0.05, 0) is 13.0 Å². The molecule has 9 nitrogen and oxygen atoms in total. The van der Waals surface area contributed by atoms with E-state index < -0.39 is 22.0 Å². The van der Waals surface area contributed by atoms with Gasteiger partial charge in [0.1, 0.15) is 5.00 Å². The minimum Gasteiger partial charge on any atom is -0.469 e. The van der Waals surface area contributed by atoms with Gasteiger partial charge in [0.2, 0.25) is 10.0 Å². The molecule has 0 fully saturated rings. The molecule has 23 heavy (non-hydrogen) atoms. The SMILES string of the molecule is CCS(=O)(=O)Nc1cc(C(=N)NOC(=O)CCC(=O)OC)cs1. The Bertz CT molecular complexity index is 683. The summed E-state index contributed by atoms with van der Waals surface area (Å²) in [6.07, 6.45) is -0.302. The Morgan fingerprint density at radius 2 is 1.96 bits per heavy atom. The van der Waals surface area contributed by atoms with Crippen LogP contribution in [-0.4, -0.2) is 39.1 Å². The van der Waals surface area contributed by atoms with Crippen molar-refractivity contribution in [3.63, 3.8) is 0 Å². The third kappa shape index (κ3) is 6.65. The predicted octanol–water partition coefficient (Wildman–Crippen LogP) is 0.836. The van der Waals surface area contributed by atoms with Gasteiger partial charge in [-0.1, -0.05) is 0 Å². The zero-order chi connectivity index (χ0) is 17.5. The molecule has 0 aromatic carbocycles. The van der Waals surface area contributed by atoms with E-state index >= 15 is 0 Å². The normalized spacial score (nSPS) is 10.7. The molecule has 0 aliphatic heterocycles. The molecule has 0 aliphatic rings. The highest BCUT2D eigenvalue weighted by Gasteiger charge is 2.13. The zero-order valence-corrected chi connectivity index (χ0v) is 14.2. The summed E-state index contributed by atoms with van der Waals surface area (Å²) >= 11 is 1.10. The van der Waals surface area contributed by atoms with E-state index in [0.29, 0.717) is 10.6 Å². The molecule has 0 saturated heterocycles. The molecule has 0 atom stereocenters. The van der Waals surface area contributed by atoms with Gasteiger partial charge in [-0.15, -0.1) is 11.3 Å². The van der Waals surface area contributed by atoms with Crippen molar-refractivity contribution in [1.82, 2.24) is 5.48 Å². The molecule has 1 heterocycles. The molecular formula is C12H17N3O6S2. The number of sulfonamides is 1. The first-order valence-corrected chi connectivity index (χ1v) is 9.01. The lowest BCUT2D eigenvalue weighted by atomic mass is 10.3. The second-order valence-corrected chi connectivity index (χ2v) is 7.15. The van der Waals surface area contributed by atoms with Crippen molar-refractivity contribution in [2.24, 2.45) is 0 Å². The first-order chi connectivity index (χ1) is 10.8. The fourth-order valence-electron chi connectivity index (χ4n) is 1.27. The zero-order valence-electron chi connectivity index (χ0n) is 12.5. The standard InChI is InChI=1S/C12H17N3O6S2/c1-3-23(18,19)15-9-6-8(7-22-9)12(13)14-21-11(17)5-4-10(16)20-2/h6-7,15H,3-5H2,1-2H3,(H2,13,14). The molecule has 1 aromatic heterocycles. The molecule has 0 bridgehead atoms. The summed E-state index contributed by atoms with van der Waals surface area (Å²) in [7, 11) is -2.18. The lowest BCUT2D eigenvalue weighted by molar-refractivity contribution is -0.151. The number of esters is 1. The molecular weight excluding hydrogens is 346 g/mol. The Balaban J connectivity index is 2.48. The van der Waals surface area contributed by atoms with Crippen molar-refractivity contribution >= 4 is 44.1 Å². The summed E-state index contributed by atoms with van der Waals surface area (Å²) < 4.78 is 29.6. The quantitative estimate of drug-likeness (QED) is 0.283. The Morgan fingerprint density at radius 3 is 2.57 bits per heavy atom. The van der Waals surface area contributed by atoms with E-state index in [1.807, 2.05) is 0 Å². The third-order valence-corrected chi connectivity index (χ3v) is 4.82. The smallest absolute Gasteiger partial charge is 0.332 e. The van der Waals surface area contributed by atoms with Crippen molar-refractivity contribution in [3.8, 4) is 0 Å². The number of methoxy groups -OCH3 is 1. The van der Waals surface area contributed by atoms with Gasteiger partial charge in [0, 0.05) is 10.9 Å². The number of carbonyl (C=O) groups excluding carboxylic acids is 2. The minimum absolute atomic E-state index is 0.0618. The Labute approximate surface area is 137 Å². The van der Waals surface area contributed by atoms with E-state index in [1.165, 1.54) is 25.5 Å². The lowest BCUT2D eigenvalue weighted by Gasteiger charge is -2.06. The lowest BCUT2D eigenvalue weighted by Crippen LogP contribution is -2.27. The number of hydroxylamine groups is 1. The van der Waals surface area contributed by atoms with Gasteiger partial charge >= 0.3 is 11.9 Å². The van der Waals surface area contributed by atoms with Gasteiger partial charge in [0.15, 0.2) is 5.84 Å². The molecule has 0 radical (unpaired) electrons. The fraction of sp³-hybridized carbons (Fsp3) is 0.417. The number of hydrogen-bond donors (Lipinski definition) is 3. The Morgan fingerprint density at radius 1 is 1.30 bits per heavy atom. The van der Waals surface area contributed by atoms with E-state index in [1.54, 1.807) is 0 Å². The second-order valence-electron chi connectivity index (χ2n) is 4.23. The van der Waals surface area contributed by atoms with Crippen LogP contribution in [0.3, 0.4) is 0 Å². The van der Waals surface area contributed by atoms with E-state index in [4.69, 9.17) is 5.41 Å². The van der Waals surface area contributed by atoms with Crippen molar-refractivity contribution in [2.75, 3.05) is 17.6 Å². The summed E-state index contributed by atoms with van der Waals surface area (Å²) in [6, 6.07) is 1.44. The monoisotopic (exact) mass is 363 g/mol. The van der Waals surface area contributed by atoms with Crippen molar-refractivity contribution in [3.05, 3.63) is 17.0 Å². The Kier molecular flexibility index (Phi) is 6.97. The fourth-order valence-corrected chi connectivity index (χ4v) is 2.99. The average molecular weight is 363 g/mol. The van der Waals surface area contributed by atoms with Gasteiger partial charge in [-0.25, -0.2) is 18.7 Å². The first kappa shape index (κ1) is 18.9. The van der Waals surface area contributed by atoms with E-state index in [2.05, 4.69) is 19.8 Å². The van der Waals surface area contributed by atoms with Crippen LogP contribution in [-0.2, 0) is 29.2 Å². The molecule has 0 spiro atoms. The third-order valence-electron chi connectivity index (χ3n) is 2.55. The van der Waals surface area contributed by atoms with Crippen LogP contribution in [0.15, 0.2) is 11.4 Å². The van der Waals surface area contributed by atoms with Crippen LogP contribution >= 0.6 is 11.3 Å². The number of rotatable bonds is 7. The van der Waals surface area contributed by atoms with Gasteiger partial charge in [-0.2, -0.15) is 0 Å². The van der Waals surface area contributed by atoms with Crippen LogP contribution in [0.25, 0.3) is 0 Å². The number of ether oxygens (including phenoxy) is 1. The molecule has 1 rings (SSSR count). The molecule has 0 saturated carbocycles. The number of amidine groups is 1. The first-order valence-electron chi connectivity index (χ1n) is 6.48. The molecule has 0 amide bonds. The maximum atomic E-state index is 11.4. The van der Waals surface area contributed by atoms with Gasteiger partial charge in [0.05, 0.1) is 25.7 Å². The maximum Gasteiger partial charge on any atom is 0.332 e. The molecule has 3 N–H and O–H groups in total. The van der Waals surface area contributed by atoms with Crippen molar-refractivity contribution < 1.29 is 27.6 Å². The summed E-state index contributed by atoms with van der Waals surface area (Å²) in [6.45, 7) is 1.51. The van der Waals surface area contributed by atoms with Crippen LogP contribution in [0, 0.1) is 5.41 Å². The van der Waals surface area contributed by atoms with Crippen molar-refractivity contribution in [1.29, 1.82) is 5.41 Å². The molecule has 11 heteroatoms. The van der Waals surface area contributed by atoms with Crippen LogP contribution in [0.1, 0.15) is 25.3 Å². The summed E-state index contributed by atoms with van der Waals surface area (Å²) in [5, 5.41) is 9.60. The van der Waals surface area contributed by atoms with E-state index in [0.717, 1.165) is 11.3 Å². The minimum atomic E-state index is -3.39. The predicted molar refractivity (Wildman–Crippen MR) is 84.7 cm³/mol. The number of carbonyl (C=O) groups is 2. The van der Waals surface area contributed by atoms with Crippen LogP contribution in [0.5, 0.6) is 0 Å².